The van der Waals surface area contributed by atoms with E-state index in [-0.39, 0.29) is 16.4 Å². The van der Waals surface area contributed by atoms with Crippen molar-refractivity contribution in [1.82, 2.24) is 9.72 Å². The molecule has 0 bridgehead atoms. The zero-order valence-corrected chi connectivity index (χ0v) is 20.2. The Morgan fingerprint density at radius 1 is 1.10 bits per heavy atom. The van der Waals surface area contributed by atoms with Crippen molar-refractivity contribution in [2.45, 2.75) is 69.2 Å². The SMILES string of the molecule is Cc1cccn2cc(C(C)C)c(S(=O)(=O)c3ccc(OCCCNC(C)(C)C)cc3)c12. The molecule has 0 aliphatic heterocycles. The molecule has 0 unspecified atom stereocenters. The monoisotopic (exact) mass is 442 g/mol. The molecular weight excluding hydrogens is 408 g/mol. The van der Waals surface area contributed by atoms with Crippen LogP contribution in [0.25, 0.3) is 5.52 Å². The summed E-state index contributed by atoms with van der Waals surface area (Å²) in [6.45, 7) is 13.8. The van der Waals surface area contributed by atoms with Gasteiger partial charge in [0.05, 0.1) is 17.0 Å². The highest BCUT2D eigenvalue weighted by Crippen LogP contribution is 2.35. The molecular formula is C25H34N2O3S. The number of nitrogens with zero attached hydrogens (tertiary/aromatic N) is 1. The van der Waals surface area contributed by atoms with Crippen molar-refractivity contribution in [2.75, 3.05) is 13.2 Å². The van der Waals surface area contributed by atoms with Crippen molar-refractivity contribution in [3.05, 3.63) is 59.9 Å². The second-order valence-corrected chi connectivity index (χ2v) is 11.3. The average Bonchev–Trinajstić information content (AvgIpc) is 3.09. The topological polar surface area (TPSA) is 59.8 Å². The molecule has 3 aromatic rings. The first-order valence-corrected chi connectivity index (χ1v) is 12.3. The smallest absolute Gasteiger partial charge is 0.209 e. The number of pyridine rings is 1. The number of nitrogens with one attached hydrogen (secondary N) is 1. The van der Waals surface area contributed by atoms with E-state index in [0.717, 1.165) is 29.6 Å². The van der Waals surface area contributed by atoms with Crippen LogP contribution in [0.2, 0.25) is 0 Å². The molecule has 0 amide bonds. The highest BCUT2D eigenvalue weighted by Gasteiger charge is 2.28. The van der Waals surface area contributed by atoms with Gasteiger partial charge in [-0.25, -0.2) is 8.42 Å². The van der Waals surface area contributed by atoms with Gasteiger partial charge in [0.15, 0.2) is 0 Å². The van der Waals surface area contributed by atoms with Gasteiger partial charge < -0.3 is 14.5 Å². The molecule has 31 heavy (non-hydrogen) atoms. The van der Waals surface area contributed by atoms with Crippen molar-refractivity contribution < 1.29 is 13.2 Å². The Balaban J connectivity index is 1.83. The molecule has 1 aromatic carbocycles. The number of benzene rings is 1. The largest absolute Gasteiger partial charge is 0.494 e. The number of fused-ring (bicyclic) bond motifs is 1. The molecule has 0 atom stereocenters. The summed E-state index contributed by atoms with van der Waals surface area (Å²) in [4.78, 5) is 0.690. The molecule has 5 nitrogen and oxygen atoms in total. The molecule has 0 saturated heterocycles. The lowest BCUT2D eigenvalue weighted by atomic mass is 10.1. The number of rotatable bonds is 8. The molecule has 0 aliphatic rings. The summed E-state index contributed by atoms with van der Waals surface area (Å²) in [5, 5.41) is 3.42. The van der Waals surface area contributed by atoms with E-state index in [0.29, 0.717) is 17.3 Å². The molecule has 168 valence electrons. The third-order valence-electron chi connectivity index (χ3n) is 5.25. The minimum atomic E-state index is -3.67. The van der Waals surface area contributed by atoms with E-state index >= 15 is 0 Å². The molecule has 0 aliphatic carbocycles. The van der Waals surface area contributed by atoms with Gasteiger partial charge in [0.25, 0.3) is 0 Å². The van der Waals surface area contributed by atoms with E-state index in [1.54, 1.807) is 24.3 Å². The van der Waals surface area contributed by atoms with Gasteiger partial charge in [-0.1, -0.05) is 19.9 Å². The Kier molecular flexibility index (Phi) is 6.82. The Morgan fingerprint density at radius 2 is 1.77 bits per heavy atom. The standard InChI is InChI=1S/C25H34N2O3S/c1-18(2)22-17-27-15-7-9-19(3)23(27)24(22)31(28,29)21-12-10-20(11-13-21)30-16-8-14-26-25(4,5)6/h7,9-13,15,17-18,26H,8,14,16H2,1-6H3. The molecule has 0 spiro atoms. The number of sulfone groups is 1. The number of ether oxygens (including phenoxy) is 1. The predicted molar refractivity (Wildman–Crippen MR) is 126 cm³/mol. The van der Waals surface area contributed by atoms with Crippen LogP contribution in [0.4, 0.5) is 0 Å². The van der Waals surface area contributed by atoms with Gasteiger partial charge in [-0.3, -0.25) is 0 Å². The number of aryl methyl sites for hydroxylation is 1. The Bertz CT molecular complexity index is 1140. The van der Waals surface area contributed by atoms with Crippen molar-refractivity contribution in [2.24, 2.45) is 0 Å². The van der Waals surface area contributed by atoms with Gasteiger partial charge >= 0.3 is 0 Å². The van der Waals surface area contributed by atoms with Gasteiger partial charge in [-0.2, -0.15) is 0 Å². The summed E-state index contributed by atoms with van der Waals surface area (Å²) < 4.78 is 35.0. The Morgan fingerprint density at radius 3 is 2.39 bits per heavy atom. The molecule has 0 radical (unpaired) electrons. The van der Waals surface area contributed by atoms with Crippen LogP contribution in [0, 0.1) is 6.92 Å². The lowest BCUT2D eigenvalue weighted by Crippen LogP contribution is -2.36. The summed E-state index contributed by atoms with van der Waals surface area (Å²) >= 11 is 0. The third-order valence-corrected chi connectivity index (χ3v) is 7.11. The molecule has 2 heterocycles. The molecule has 3 rings (SSSR count). The molecule has 0 saturated carbocycles. The molecule has 0 fully saturated rings. The number of aromatic nitrogens is 1. The van der Waals surface area contributed by atoms with Crippen molar-refractivity contribution >= 4 is 15.4 Å². The van der Waals surface area contributed by atoms with Crippen LogP contribution in [0.15, 0.2) is 58.6 Å². The zero-order chi connectivity index (χ0) is 22.8. The fourth-order valence-electron chi connectivity index (χ4n) is 3.64. The van der Waals surface area contributed by atoms with E-state index in [2.05, 4.69) is 26.1 Å². The fourth-order valence-corrected chi connectivity index (χ4v) is 5.49. The summed E-state index contributed by atoms with van der Waals surface area (Å²) in [5.74, 6) is 0.769. The van der Waals surface area contributed by atoms with E-state index in [9.17, 15) is 8.42 Å². The minimum absolute atomic E-state index is 0.0897. The van der Waals surface area contributed by atoms with Crippen LogP contribution in [0.3, 0.4) is 0 Å². The molecule has 2 aromatic heterocycles. The van der Waals surface area contributed by atoms with Crippen LogP contribution >= 0.6 is 0 Å². The van der Waals surface area contributed by atoms with Gasteiger partial charge in [-0.15, -0.1) is 0 Å². The van der Waals surface area contributed by atoms with Gasteiger partial charge in [0, 0.05) is 17.9 Å². The normalized spacial score (nSPS) is 12.6. The van der Waals surface area contributed by atoms with Crippen LogP contribution in [-0.4, -0.2) is 31.5 Å². The fraction of sp³-hybridized carbons (Fsp3) is 0.440. The highest BCUT2D eigenvalue weighted by molar-refractivity contribution is 7.91. The summed E-state index contributed by atoms with van der Waals surface area (Å²) in [6, 6.07) is 10.7. The van der Waals surface area contributed by atoms with Gasteiger partial charge in [-0.05, 0) is 88.0 Å². The van der Waals surface area contributed by atoms with E-state index in [4.69, 9.17) is 4.74 Å². The van der Waals surface area contributed by atoms with Crippen LogP contribution in [0.1, 0.15) is 58.1 Å². The first-order chi connectivity index (χ1) is 14.5. The second kappa shape index (κ2) is 9.05. The predicted octanol–water partition coefficient (Wildman–Crippen LogP) is 5.36. The molecule has 6 heteroatoms. The van der Waals surface area contributed by atoms with Gasteiger partial charge in [0.1, 0.15) is 10.6 Å². The summed E-state index contributed by atoms with van der Waals surface area (Å²) in [6.07, 6.45) is 4.72. The van der Waals surface area contributed by atoms with Gasteiger partial charge in [0.2, 0.25) is 9.84 Å². The van der Waals surface area contributed by atoms with E-state index in [1.165, 1.54) is 0 Å². The number of hydrogen-bond donors (Lipinski definition) is 1. The minimum Gasteiger partial charge on any atom is -0.494 e. The zero-order valence-electron chi connectivity index (χ0n) is 19.4. The Labute approximate surface area is 186 Å². The van der Waals surface area contributed by atoms with Crippen LogP contribution in [-0.2, 0) is 9.84 Å². The second-order valence-electron chi connectivity index (χ2n) is 9.37. The number of hydrogen-bond acceptors (Lipinski definition) is 4. The summed E-state index contributed by atoms with van der Waals surface area (Å²) in [7, 11) is -3.67. The van der Waals surface area contributed by atoms with Crippen molar-refractivity contribution in [1.29, 1.82) is 0 Å². The van der Waals surface area contributed by atoms with E-state index in [1.807, 2.05) is 49.7 Å². The van der Waals surface area contributed by atoms with Crippen LogP contribution < -0.4 is 10.1 Å². The van der Waals surface area contributed by atoms with Crippen LogP contribution in [0.5, 0.6) is 5.75 Å². The third kappa shape index (κ3) is 5.31. The molecule has 1 N–H and O–H groups in total. The first-order valence-electron chi connectivity index (χ1n) is 10.8. The quantitative estimate of drug-likeness (QED) is 0.477. The maximum absolute atomic E-state index is 13.6. The maximum atomic E-state index is 13.6. The maximum Gasteiger partial charge on any atom is 0.209 e. The van der Waals surface area contributed by atoms with Crippen molar-refractivity contribution in [3.63, 3.8) is 0 Å². The lowest BCUT2D eigenvalue weighted by Gasteiger charge is -2.20. The van der Waals surface area contributed by atoms with Crippen molar-refractivity contribution in [3.8, 4) is 5.75 Å². The highest BCUT2D eigenvalue weighted by atomic mass is 32.2. The summed E-state index contributed by atoms with van der Waals surface area (Å²) in [5.41, 5.74) is 2.61. The first kappa shape index (κ1) is 23.4. The lowest BCUT2D eigenvalue weighted by molar-refractivity contribution is 0.298. The van der Waals surface area contributed by atoms with E-state index < -0.39 is 9.84 Å². The average molecular weight is 443 g/mol. The Hall–Kier alpha value is -2.31.